The Morgan fingerprint density at radius 3 is 2.65 bits per heavy atom. The number of rotatable bonds is 5. The van der Waals surface area contributed by atoms with Crippen molar-refractivity contribution >= 4 is 27.5 Å². The lowest BCUT2D eigenvalue weighted by atomic mass is 10.0. The fourth-order valence-electron chi connectivity index (χ4n) is 2.53. The van der Waals surface area contributed by atoms with Crippen LogP contribution in [-0.2, 0) is 20.5 Å². The smallest absolute Gasteiger partial charge is 0.242 e. The molecule has 2 unspecified atom stereocenters. The van der Waals surface area contributed by atoms with Gasteiger partial charge in [-0.25, -0.2) is 13.1 Å². The van der Waals surface area contributed by atoms with E-state index in [0.717, 1.165) is 0 Å². The quantitative estimate of drug-likeness (QED) is 0.838. The summed E-state index contributed by atoms with van der Waals surface area (Å²) in [5.41, 5.74) is -1.18. The average Bonchev–Trinajstić information content (AvgIpc) is 2.75. The molecule has 2 N–H and O–H groups in total. The van der Waals surface area contributed by atoms with Gasteiger partial charge in [-0.15, -0.1) is 0 Å². The maximum absolute atomic E-state index is 12.5. The van der Waals surface area contributed by atoms with Gasteiger partial charge in [0.15, 0.2) is 5.72 Å². The van der Waals surface area contributed by atoms with Crippen LogP contribution in [0.5, 0.6) is 0 Å². The molecule has 0 aliphatic carbocycles. The summed E-state index contributed by atoms with van der Waals surface area (Å²) in [6, 6.07) is 4.07. The zero-order valence-corrected chi connectivity index (χ0v) is 14.9. The van der Waals surface area contributed by atoms with Crippen LogP contribution in [0.1, 0.15) is 38.7 Å². The molecule has 1 fully saturated rings. The molecule has 6 nitrogen and oxygen atoms in total. The van der Waals surface area contributed by atoms with Gasteiger partial charge in [0.2, 0.25) is 15.9 Å². The second-order valence-electron chi connectivity index (χ2n) is 5.85. The van der Waals surface area contributed by atoms with E-state index in [0.29, 0.717) is 12.0 Å². The fraction of sp³-hybridized carbons (Fsp3) is 0.533. The molecule has 2 rings (SSSR count). The van der Waals surface area contributed by atoms with Crippen LogP contribution in [0.25, 0.3) is 0 Å². The van der Waals surface area contributed by atoms with Crippen LogP contribution in [0.3, 0.4) is 0 Å². The number of hydrogen-bond donors (Lipinski definition) is 2. The number of aliphatic hydroxyl groups is 1. The summed E-state index contributed by atoms with van der Waals surface area (Å²) in [5, 5.41) is 10.8. The summed E-state index contributed by atoms with van der Waals surface area (Å²) in [6.45, 7) is 3.62. The van der Waals surface area contributed by atoms with E-state index in [-0.39, 0.29) is 34.7 Å². The lowest BCUT2D eigenvalue weighted by Gasteiger charge is -2.31. The van der Waals surface area contributed by atoms with Crippen LogP contribution in [-0.4, -0.2) is 37.4 Å². The van der Waals surface area contributed by atoms with Crippen molar-refractivity contribution in [1.29, 1.82) is 0 Å². The monoisotopic (exact) mass is 360 g/mol. The molecular weight excluding hydrogens is 340 g/mol. The molecule has 0 radical (unpaired) electrons. The molecule has 1 aliphatic heterocycles. The van der Waals surface area contributed by atoms with Crippen molar-refractivity contribution in [3.05, 3.63) is 28.8 Å². The van der Waals surface area contributed by atoms with Gasteiger partial charge >= 0.3 is 0 Å². The first-order valence-corrected chi connectivity index (χ1v) is 9.29. The molecule has 1 aromatic carbocycles. The molecule has 0 saturated carbocycles. The third kappa shape index (κ3) is 3.38. The molecule has 128 valence electrons. The van der Waals surface area contributed by atoms with Crippen LogP contribution >= 0.6 is 11.6 Å². The Hall–Kier alpha value is -1.15. The van der Waals surface area contributed by atoms with E-state index in [1.54, 1.807) is 13.0 Å². The third-order valence-electron chi connectivity index (χ3n) is 4.27. The average molecular weight is 361 g/mol. The first-order valence-electron chi connectivity index (χ1n) is 7.43. The minimum absolute atomic E-state index is 0.0696. The number of halogens is 1. The predicted octanol–water partition coefficient (Wildman–Crippen LogP) is 1.81. The lowest BCUT2D eigenvalue weighted by Crippen LogP contribution is -2.40. The Labute approximate surface area is 141 Å². The normalized spacial score (nSPS) is 23.3. The van der Waals surface area contributed by atoms with Gasteiger partial charge in [-0.2, -0.15) is 0 Å². The molecular formula is C15H21ClN2O4S. The van der Waals surface area contributed by atoms with Crippen LogP contribution < -0.4 is 4.72 Å². The van der Waals surface area contributed by atoms with Gasteiger partial charge in [0, 0.05) is 31.5 Å². The van der Waals surface area contributed by atoms with Crippen molar-refractivity contribution in [3.63, 3.8) is 0 Å². The number of benzene rings is 1. The molecule has 1 saturated heterocycles. The molecule has 1 heterocycles. The summed E-state index contributed by atoms with van der Waals surface area (Å²) in [6.07, 6.45) is 1.06. The van der Waals surface area contributed by atoms with Crippen LogP contribution in [0.4, 0.5) is 0 Å². The number of carbonyl (C=O) groups excluding carboxylic acids is 1. The summed E-state index contributed by atoms with van der Waals surface area (Å²) in [5.74, 6) is -0.190. The van der Waals surface area contributed by atoms with Gasteiger partial charge in [-0.05, 0) is 25.5 Å². The minimum atomic E-state index is -3.81. The van der Waals surface area contributed by atoms with E-state index in [2.05, 4.69) is 4.72 Å². The number of hydrogen-bond acceptors (Lipinski definition) is 4. The molecule has 1 amide bonds. The van der Waals surface area contributed by atoms with Gasteiger partial charge in [0.25, 0.3) is 0 Å². The van der Waals surface area contributed by atoms with Gasteiger partial charge in [-0.3, -0.25) is 4.79 Å². The molecule has 0 aromatic heterocycles. The van der Waals surface area contributed by atoms with Crippen molar-refractivity contribution in [2.45, 2.75) is 49.8 Å². The largest absolute Gasteiger partial charge is 0.367 e. The Balaban J connectivity index is 2.46. The van der Waals surface area contributed by atoms with E-state index in [1.807, 2.05) is 6.92 Å². The van der Waals surface area contributed by atoms with E-state index in [1.165, 1.54) is 24.1 Å². The number of amides is 1. The van der Waals surface area contributed by atoms with Gasteiger partial charge in [0.1, 0.15) is 4.90 Å². The Bertz CT molecular complexity index is 722. The molecule has 2 atom stereocenters. The number of nitrogens with one attached hydrogen (secondary N) is 1. The topological polar surface area (TPSA) is 86.7 Å². The predicted molar refractivity (Wildman–Crippen MR) is 87.4 cm³/mol. The number of carbonyl (C=O) groups is 1. The summed E-state index contributed by atoms with van der Waals surface area (Å²) in [4.78, 5) is 12.8. The first-order chi connectivity index (χ1) is 10.6. The lowest BCUT2D eigenvalue weighted by molar-refractivity contribution is -0.142. The Kier molecular flexibility index (Phi) is 5.06. The maximum Gasteiger partial charge on any atom is 0.242 e. The Morgan fingerprint density at radius 2 is 2.13 bits per heavy atom. The highest BCUT2D eigenvalue weighted by atomic mass is 35.5. The van der Waals surface area contributed by atoms with Crippen molar-refractivity contribution in [1.82, 2.24) is 9.62 Å². The Morgan fingerprint density at radius 1 is 1.48 bits per heavy atom. The van der Waals surface area contributed by atoms with Gasteiger partial charge in [-0.1, -0.05) is 24.6 Å². The summed E-state index contributed by atoms with van der Waals surface area (Å²) < 4.78 is 27.5. The highest BCUT2D eigenvalue weighted by Gasteiger charge is 2.43. The molecule has 1 aromatic rings. The maximum atomic E-state index is 12.5. The van der Waals surface area contributed by atoms with E-state index in [9.17, 15) is 18.3 Å². The zero-order valence-electron chi connectivity index (χ0n) is 13.3. The van der Waals surface area contributed by atoms with Crippen LogP contribution in [0.15, 0.2) is 23.1 Å². The minimum Gasteiger partial charge on any atom is -0.367 e. The van der Waals surface area contributed by atoms with E-state index in [4.69, 9.17) is 11.6 Å². The molecule has 8 heteroatoms. The highest BCUT2D eigenvalue weighted by Crippen LogP contribution is 2.37. The van der Waals surface area contributed by atoms with Crippen molar-refractivity contribution in [2.75, 3.05) is 7.05 Å². The summed E-state index contributed by atoms with van der Waals surface area (Å²) >= 11 is 6.04. The SMILES string of the molecule is CCC(C)NS(=O)(=O)c1cc(C2(O)CCC(=O)N2C)ccc1Cl. The molecule has 0 bridgehead atoms. The first kappa shape index (κ1) is 18.2. The van der Waals surface area contributed by atoms with Crippen LogP contribution in [0, 0.1) is 0 Å². The molecule has 23 heavy (non-hydrogen) atoms. The second kappa shape index (κ2) is 6.39. The highest BCUT2D eigenvalue weighted by molar-refractivity contribution is 7.89. The number of likely N-dealkylation sites (tertiary alicyclic amines) is 1. The number of nitrogens with zero attached hydrogens (tertiary/aromatic N) is 1. The zero-order chi connectivity index (χ0) is 17.4. The van der Waals surface area contributed by atoms with Crippen molar-refractivity contribution < 1.29 is 18.3 Å². The number of sulfonamides is 1. The molecule has 1 aliphatic rings. The third-order valence-corrected chi connectivity index (χ3v) is 6.34. The van der Waals surface area contributed by atoms with Crippen molar-refractivity contribution in [2.24, 2.45) is 0 Å². The standard InChI is InChI=1S/C15H21ClN2O4S/c1-4-10(2)17-23(21,22)13-9-11(5-6-12(13)16)15(20)8-7-14(19)18(15)3/h5-6,9-10,17,20H,4,7-8H2,1-3H3. The second-order valence-corrected chi connectivity index (χ2v) is 7.93. The van der Waals surface area contributed by atoms with Crippen molar-refractivity contribution in [3.8, 4) is 0 Å². The van der Waals surface area contributed by atoms with Crippen LogP contribution in [0.2, 0.25) is 5.02 Å². The summed E-state index contributed by atoms with van der Waals surface area (Å²) in [7, 11) is -2.31. The fourth-order valence-corrected chi connectivity index (χ4v) is 4.38. The van der Waals surface area contributed by atoms with Gasteiger partial charge in [0.05, 0.1) is 5.02 Å². The van der Waals surface area contributed by atoms with E-state index < -0.39 is 15.7 Å². The van der Waals surface area contributed by atoms with Gasteiger partial charge < -0.3 is 10.0 Å². The molecule has 0 spiro atoms. The van der Waals surface area contributed by atoms with E-state index >= 15 is 0 Å².